The third-order valence-electron chi connectivity index (χ3n) is 2.20. The van der Waals surface area contributed by atoms with Gasteiger partial charge in [-0.25, -0.2) is 0 Å². The van der Waals surface area contributed by atoms with Gasteiger partial charge in [-0.05, 0) is 6.92 Å². The van der Waals surface area contributed by atoms with E-state index in [1.54, 1.807) is 26.0 Å². The van der Waals surface area contributed by atoms with Crippen LogP contribution in [0.1, 0.15) is 24.2 Å². The smallest absolute Gasteiger partial charge is 0.168 e. The fourth-order valence-corrected chi connectivity index (χ4v) is 1.08. The van der Waals surface area contributed by atoms with Crippen LogP contribution in [0, 0.1) is 5.92 Å². The van der Waals surface area contributed by atoms with Crippen LogP contribution in [0.15, 0.2) is 30.3 Å². The number of hydrogen-bond donors (Lipinski definition) is 1. The average molecular weight is 178 g/mol. The average Bonchev–Trinajstić information content (AvgIpc) is 2.17. The van der Waals surface area contributed by atoms with Gasteiger partial charge in [0.15, 0.2) is 5.78 Å². The van der Waals surface area contributed by atoms with E-state index in [1.807, 2.05) is 18.2 Å². The van der Waals surface area contributed by atoms with Gasteiger partial charge in [0, 0.05) is 11.5 Å². The van der Waals surface area contributed by atoms with Gasteiger partial charge in [-0.15, -0.1) is 0 Å². The van der Waals surface area contributed by atoms with Crippen LogP contribution >= 0.6 is 0 Å². The van der Waals surface area contributed by atoms with Crippen molar-refractivity contribution >= 4 is 5.78 Å². The molecule has 0 aromatic heterocycles. The van der Waals surface area contributed by atoms with Gasteiger partial charge in [0.25, 0.3) is 0 Å². The van der Waals surface area contributed by atoms with E-state index in [-0.39, 0.29) is 11.7 Å². The predicted molar refractivity (Wildman–Crippen MR) is 51.6 cm³/mol. The molecule has 0 aliphatic carbocycles. The van der Waals surface area contributed by atoms with Crippen molar-refractivity contribution in [1.29, 1.82) is 0 Å². The second kappa shape index (κ2) is 4.19. The first-order valence-corrected chi connectivity index (χ1v) is 4.40. The maximum Gasteiger partial charge on any atom is 0.168 e. The van der Waals surface area contributed by atoms with Crippen molar-refractivity contribution in [2.24, 2.45) is 5.92 Å². The third-order valence-corrected chi connectivity index (χ3v) is 2.20. The van der Waals surface area contributed by atoms with Gasteiger partial charge < -0.3 is 5.11 Å². The zero-order valence-electron chi connectivity index (χ0n) is 7.90. The first-order valence-electron chi connectivity index (χ1n) is 4.40. The minimum atomic E-state index is -0.590. The van der Waals surface area contributed by atoms with Crippen molar-refractivity contribution in [2.45, 2.75) is 20.0 Å². The van der Waals surface area contributed by atoms with Crippen LogP contribution in [0.2, 0.25) is 0 Å². The number of rotatable bonds is 3. The molecule has 0 heterocycles. The van der Waals surface area contributed by atoms with Crippen molar-refractivity contribution in [3.63, 3.8) is 0 Å². The summed E-state index contributed by atoms with van der Waals surface area (Å²) in [6, 6.07) is 9.04. The normalized spacial score (nSPS) is 15.0. The monoisotopic (exact) mass is 178 g/mol. The lowest BCUT2D eigenvalue weighted by Crippen LogP contribution is -2.22. The largest absolute Gasteiger partial charge is 0.393 e. The van der Waals surface area contributed by atoms with E-state index in [2.05, 4.69) is 0 Å². The molecule has 1 aromatic carbocycles. The van der Waals surface area contributed by atoms with Crippen LogP contribution in [0.5, 0.6) is 0 Å². The highest BCUT2D eigenvalue weighted by Crippen LogP contribution is 2.11. The van der Waals surface area contributed by atoms with Crippen molar-refractivity contribution in [3.05, 3.63) is 35.9 Å². The highest BCUT2D eigenvalue weighted by Gasteiger charge is 2.18. The fourth-order valence-electron chi connectivity index (χ4n) is 1.08. The third kappa shape index (κ3) is 2.39. The molecule has 2 nitrogen and oxygen atoms in total. The lowest BCUT2D eigenvalue weighted by Gasteiger charge is -2.12. The van der Waals surface area contributed by atoms with Crippen molar-refractivity contribution < 1.29 is 9.90 Å². The lowest BCUT2D eigenvalue weighted by atomic mass is 9.95. The van der Waals surface area contributed by atoms with Gasteiger partial charge in [-0.1, -0.05) is 37.3 Å². The minimum absolute atomic E-state index is 0.00407. The van der Waals surface area contributed by atoms with Crippen LogP contribution in [-0.2, 0) is 0 Å². The van der Waals surface area contributed by atoms with Crippen molar-refractivity contribution in [2.75, 3.05) is 0 Å². The summed E-state index contributed by atoms with van der Waals surface area (Å²) < 4.78 is 0. The zero-order valence-corrected chi connectivity index (χ0v) is 7.90. The van der Waals surface area contributed by atoms with Gasteiger partial charge in [0.05, 0.1) is 6.10 Å². The Morgan fingerprint density at radius 2 is 1.77 bits per heavy atom. The van der Waals surface area contributed by atoms with Crippen LogP contribution in [0.3, 0.4) is 0 Å². The number of carbonyl (C=O) groups excluding carboxylic acids is 1. The van der Waals surface area contributed by atoms with E-state index < -0.39 is 6.10 Å². The van der Waals surface area contributed by atoms with E-state index >= 15 is 0 Å². The van der Waals surface area contributed by atoms with Gasteiger partial charge in [-0.2, -0.15) is 0 Å². The second-order valence-electron chi connectivity index (χ2n) is 3.26. The summed E-state index contributed by atoms with van der Waals surface area (Å²) >= 11 is 0. The molecule has 2 atom stereocenters. The number of Topliss-reactive ketones (excluding diaryl/α,β-unsaturated/α-hetero) is 1. The number of aliphatic hydroxyl groups is 1. The van der Waals surface area contributed by atoms with Crippen molar-refractivity contribution in [3.8, 4) is 0 Å². The van der Waals surface area contributed by atoms with Gasteiger partial charge in [0.1, 0.15) is 0 Å². The molecule has 2 heteroatoms. The number of aliphatic hydroxyl groups excluding tert-OH is 1. The fraction of sp³-hybridized carbons (Fsp3) is 0.364. The Morgan fingerprint density at radius 3 is 2.23 bits per heavy atom. The Morgan fingerprint density at radius 1 is 1.23 bits per heavy atom. The topological polar surface area (TPSA) is 37.3 Å². The van der Waals surface area contributed by atoms with Crippen LogP contribution in [0.4, 0.5) is 0 Å². The summed E-state index contributed by atoms with van der Waals surface area (Å²) in [7, 11) is 0. The SMILES string of the molecule is C[C@H](C(=O)c1ccccc1)[C@@H](C)O. The molecule has 0 radical (unpaired) electrons. The summed E-state index contributed by atoms with van der Waals surface area (Å²) in [5.41, 5.74) is 0.663. The van der Waals surface area contributed by atoms with E-state index in [9.17, 15) is 9.90 Å². The second-order valence-corrected chi connectivity index (χ2v) is 3.26. The molecule has 0 saturated heterocycles. The molecule has 0 amide bonds. The first-order chi connectivity index (χ1) is 6.13. The molecule has 70 valence electrons. The molecule has 0 unspecified atom stereocenters. The van der Waals surface area contributed by atoms with E-state index in [0.29, 0.717) is 5.56 Å². The molecule has 0 bridgehead atoms. The highest BCUT2D eigenvalue weighted by molar-refractivity contribution is 5.97. The molecule has 0 aliphatic heterocycles. The van der Waals surface area contributed by atoms with Gasteiger partial charge in [0.2, 0.25) is 0 Å². The summed E-state index contributed by atoms with van der Waals surface area (Å²) in [5.74, 6) is -0.335. The van der Waals surface area contributed by atoms with Crippen LogP contribution in [-0.4, -0.2) is 17.0 Å². The number of carbonyl (C=O) groups is 1. The highest BCUT2D eigenvalue weighted by atomic mass is 16.3. The molecule has 0 spiro atoms. The van der Waals surface area contributed by atoms with Crippen LogP contribution in [0.25, 0.3) is 0 Å². The lowest BCUT2D eigenvalue weighted by molar-refractivity contribution is 0.0759. The van der Waals surface area contributed by atoms with Gasteiger partial charge >= 0.3 is 0 Å². The molecule has 0 saturated carbocycles. The Bertz CT molecular complexity index is 277. The molecule has 1 N–H and O–H groups in total. The van der Waals surface area contributed by atoms with E-state index in [0.717, 1.165) is 0 Å². The maximum absolute atomic E-state index is 11.6. The molecule has 0 fully saturated rings. The molecule has 13 heavy (non-hydrogen) atoms. The maximum atomic E-state index is 11.6. The number of benzene rings is 1. The first kappa shape index (κ1) is 9.93. The molecule has 1 rings (SSSR count). The van der Waals surface area contributed by atoms with Crippen molar-refractivity contribution in [1.82, 2.24) is 0 Å². The Labute approximate surface area is 78.2 Å². The summed E-state index contributed by atoms with van der Waals surface area (Å²) in [6.07, 6.45) is -0.590. The summed E-state index contributed by atoms with van der Waals surface area (Å²) in [6.45, 7) is 3.37. The Balaban J connectivity index is 2.80. The van der Waals surface area contributed by atoms with E-state index in [4.69, 9.17) is 0 Å². The molecule has 1 aromatic rings. The van der Waals surface area contributed by atoms with Gasteiger partial charge in [-0.3, -0.25) is 4.79 Å². The molecule has 0 aliphatic rings. The Hall–Kier alpha value is -1.15. The molecular weight excluding hydrogens is 164 g/mol. The minimum Gasteiger partial charge on any atom is -0.393 e. The zero-order chi connectivity index (χ0) is 9.84. The quantitative estimate of drug-likeness (QED) is 0.717. The van der Waals surface area contributed by atoms with E-state index in [1.165, 1.54) is 0 Å². The van der Waals surface area contributed by atoms with Crippen LogP contribution < -0.4 is 0 Å². The Kier molecular flexibility index (Phi) is 3.20. The number of ketones is 1. The predicted octanol–water partition coefficient (Wildman–Crippen LogP) is 1.89. The standard InChI is InChI=1S/C11H14O2/c1-8(9(2)12)11(13)10-6-4-3-5-7-10/h3-9,12H,1-2H3/t8-,9+/m0/s1. The molecular formula is C11H14O2. The summed E-state index contributed by atoms with van der Waals surface area (Å²) in [4.78, 5) is 11.6. The summed E-state index contributed by atoms with van der Waals surface area (Å²) in [5, 5.41) is 9.23. The number of hydrogen-bond acceptors (Lipinski definition) is 2.